The van der Waals surface area contributed by atoms with Gasteiger partial charge >= 0.3 is 0 Å². The summed E-state index contributed by atoms with van der Waals surface area (Å²) in [5, 5.41) is 0. The summed E-state index contributed by atoms with van der Waals surface area (Å²) in [7, 11) is 0. The van der Waals surface area contributed by atoms with Crippen LogP contribution in [0.25, 0.3) is 0 Å². The maximum absolute atomic E-state index is 5.73. The van der Waals surface area contributed by atoms with Crippen molar-refractivity contribution in [3.63, 3.8) is 0 Å². The highest BCUT2D eigenvalue weighted by molar-refractivity contribution is 5.80. The van der Waals surface area contributed by atoms with Crippen LogP contribution in [0, 0.1) is 5.41 Å². The monoisotopic (exact) mass is 170 g/mol. The van der Waals surface area contributed by atoms with Gasteiger partial charge in [-0.1, -0.05) is 27.7 Å². The molecule has 0 saturated carbocycles. The topological polar surface area (TPSA) is 38.4 Å². The second-order valence-electron chi connectivity index (χ2n) is 4.41. The van der Waals surface area contributed by atoms with Gasteiger partial charge in [0.05, 0.1) is 11.9 Å². The number of aliphatic imine (C=N–C) groups is 1. The first-order valence-corrected chi connectivity index (χ1v) is 4.70. The summed E-state index contributed by atoms with van der Waals surface area (Å²) in [6, 6.07) is 0.309. The zero-order chi connectivity index (χ0) is 9.78. The smallest absolute Gasteiger partial charge is 0.0940 e. The molecule has 0 aromatic carbocycles. The van der Waals surface area contributed by atoms with Crippen molar-refractivity contribution in [2.24, 2.45) is 16.1 Å². The van der Waals surface area contributed by atoms with Gasteiger partial charge in [-0.3, -0.25) is 4.99 Å². The van der Waals surface area contributed by atoms with E-state index in [0.717, 1.165) is 18.7 Å². The third-order valence-electron chi connectivity index (χ3n) is 2.12. The van der Waals surface area contributed by atoms with E-state index in [9.17, 15) is 0 Å². The van der Waals surface area contributed by atoms with E-state index in [1.807, 2.05) is 0 Å². The van der Waals surface area contributed by atoms with Gasteiger partial charge in [-0.05, 0) is 18.8 Å². The SMILES string of the molecule is CCCC(N)=NC(C)C(C)(C)C. The molecular weight excluding hydrogens is 148 g/mol. The Morgan fingerprint density at radius 3 is 2.25 bits per heavy atom. The van der Waals surface area contributed by atoms with Gasteiger partial charge in [-0.25, -0.2) is 0 Å². The molecule has 0 bridgehead atoms. The Balaban J connectivity index is 4.14. The van der Waals surface area contributed by atoms with Crippen LogP contribution in [0.3, 0.4) is 0 Å². The zero-order valence-corrected chi connectivity index (χ0v) is 9.02. The van der Waals surface area contributed by atoms with Crippen molar-refractivity contribution in [2.45, 2.75) is 53.5 Å². The molecule has 0 aliphatic rings. The molecule has 72 valence electrons. The lowest BCUT2D eigenvalue weighted by atomic mass is 9.88. The van der Waals surface area contributed by atoms with Crippen LogP contribution in [0.4, 0.5) is 0 Å². The van der Waals surface area contributed by atoms with E-state index >= 15 is 0 Å². The van der Waals surface area contributed by atoms with Crippen molar-refractivity contribution < 1.29 is 0 Å². The van der Waals surface area contributed by atoms with Gasteiger partial charge in [0.15, 0.2) is 0 Å². The molecule has 0 aliphatic carbocycles. The number of nitrogens with two attached hydrogens (primary N) is 1. The van der Waals surface area contributed by atoms with E-state index in [1.165, 1.54) is 0 Å². The number of amidine groups is 1. The summed E-state index contributed by atoms with van der Waals surface area (Å²) in [6.45, 7) is 10.8. The van der Waals surface area contributed by atoms with Gasteiger partial charge in [0.2, 0.25) is 0 Å². The summed E-state index contributed by atoms with van der Waals surface area (Å²) < 4.78 is 0. The molecule has 1 unspecified atom stereocenters. The third-order valence-corrected chi connectivity index (χ3v) is 2.12. The normalized spacial score (nSPS) is 16.2. The maximum atomic E-state index is 5.73. The van der Waals surface area contributed by atoms with Crippen molar-refractivity contribution in [3.8, 4) is 0 Å². The Morgan fingerprint density at radius 1 is 1.42 bits per heavy atom. The highest BCUT2D eigenvalue weighted by atomic mass is 14.9. The first-order valence-electron chi connectivity index (χ1n) is 4.70. The summed E-state index contributed by atoms with van der Waals surface area (Å²) in [4.78, 5) is 4.43. The molecule has 0 rings (SSSR count). The van der Waals surface area contributed by atoms with Crippen LogP contribution in [0.1, 0.15) is 47.5 Å². The highest BCUT2D eigenvalue weighted by Gasteiger charge is 2.18. The second kappa shape index (κ2) is 4.48. The molecule has 0 saturated heterocycles. The fourth-order valence-corrected chi connectivity index (χ4v) is 0.763. The quantitative estimate of drug-likeness (QED) is 0.513. The fourth-order valence-electron chi connectivity index (χ4n) is 0.763. The molecule has 2 heteroatoms. The largest absolute Gasteiger partial charge is 0.387 e. The van der Waals surface area contributed by atoms with E-state index in [4.69, 9.17) is 5.73 Å². The maximum Gasteiger partial charge on any atom is 0.0940 e. The summed E-state index contributed by atoms with van der Waals surface area (Å²) in [5.41, 5.74) is 5.95. The Hall–Kier alpha value is -0.530. The van der Waals surface area contributed by atoms with E-state index in [1.54, 1.807) is 0 Å². The predicted octanol–water partition coefficient (Wildman–Crippen LogP) is 2.58. The van der Waals surface area contributed by atoms with E-state index in [2.05, 4.69) is 39.6 Å². The van der Waals surface area contributed by atoms with E-state index in [-0.39, 0.29) is 5.41 Å². The van der Waals surface area contributed by atoms with Crippen molar-refractivity contribution in [1.29, 1.82) is 0 Å². The molecule has 2 N–H and O–H groups in total. The molecule has 0 aromatic heterocycles. The standard InChI is InChI=1S/C10H22N2/c1-6-7-9(11)12-8(2)10(3,4)5/h8H,6-7H2,1-5H3,(H2,11,12). The predicted molar refractivity (Wildman–Crippen MR) is 55.4 cm³/mol. The molecule has 0 spiro atoms. The van der Waals surface area contributed by atoms with Gasteiger partial charge in [0, 0.05) is 6.42 Å². The number of hydrogen-bond acceptors (Lipinski definition) is 1. The van der Waals surface area contributed by atoms with Crippen molar-refractivity contribution >= 4 is 5.84 Å². The minimum Gasteiger partial charge on any atom is -0.387 e. The molecule has 0 fully saturated rings. The molecule has 0 aliphatic heterocycles. The summed E-state index contributed by atoms with van der Waals surface area (Å²) in [6.07, 6.45) is 1.99. The van der Waals surface area contributed by atoms with Gasteiger partial charge in [-0.15, -0.1) is 0 Å². The molecular formula is C10H22N2. The van der Waals surface area contributed by atoms with Crippen LogP contribution in [-0.2, 0) is 0 Å². The third kappa shape index (κ3) is 4.37. The van der Waals surface area contributed by atoms with Gasteiger partial charge in [-0.2, -0.15) is 0 Å². The van der Waals surface area contributed by atoms with Crippen LogP contribution < -0.4 is 5.73 Å². The zero-order valence-electron chi connectivity index (χ0n) is 9.02. The Morgan fingerprint density at radius 2 is 1.92 bits per heavy atom. The Labute approximate surface area is 76.3 Å². The Kier molecular flexibility index (Phi) is 4.29. The molecule has 0 amide bonds. The van der Waals surface area contributed by atoms with Crippen LogP contribution in [0.15, 0.2) is 4.99 Å². The lowest BCUT2D eigenvalue weighted by Gasteiger charge is -2.23. The van der Waals surface area contributed by atoms with Gasteiger partial charge in [0.25, 0.3) is 0 Å². The van der Waals surface area contributed by atoms with Crippen LogP contribution >= 0.6 is 0 Å². The molecule has 0 heterocycles. The van der Waals surface area contributed by atoms with Gasteiger partial charge in [0.1, 0.15) is 0 Å². The number of hydrogen-bond donors (Lipinski definition) is 1. The van der Waals surface area contributed by atoms with Gasteiger partial charge < -0.3 is 5.73 Å². The van der Waals surface area contributed by atoms with Crippen molar-refractivity contribution in [1.82, 2.24) is 0 Å². The van der Waals surface area contributed by atoms with E-state index in [0.29, 0.717) is 6.04 Å². The minimum absolute atomic E-state index is 0.221. The number of rotatable bonds is 3. The van der Waals surface area contributed by atoms with Crippen LogP contribution in [0.5, 0.6) is 0 Å². The fraction of sp³-hybridized carbons (Fsp3) is 0.900. The lowest BCUT2D eigenvalue weighted by Crippen LogP contribution is -2.25. The summed E-state index contributed by atoms with van der Waals surface area (Å²) in [5.74, 6) is 0.792. The lowest BCUT2D eigenvalue weighted by molar-refractivity contribution is 0.341. The average Bonchev–Trinajstić information content (AvgIpc) is 1.85. The van der Waals surface area contributed by atoms with Crippen LogP contribution in [-0.4, -0.2) is 11.9 Å². The second-order valence-corrected chi connectivity index (χ2v) is 4.41. The Bertz CT molecular complexity index is 154. The molecule has 2 nitrogen and oxygen atoms in total. The molecule has 12 heavy (non-hydrogen) atoms. The minimum atomic E-state index is 0.221. The van der Waals surface area contributed by atoms with Crippen molar-refractivity contribution in [2.75, 3.05) is 0 Å². The van der Waals surface area contributed by atoms with Crippen molar-refractivity contribution in [3.05, 3.63) is 0 Å². The molecule has 0 radical (unpaired) electrons. The first-order chi connectivity index (χ1) is 5.38. The van der Waals surface area contributed by atoms with E-state index < -0.39 is 0 Å². The first kappa shape index (κ1) is 11.5. The average molecular weight is 170 g/mol. The highest BCUT2D eigenvalue weighted by Crippen LogP contribution is 2.21. The van der Waals surface area contributed by atoms with Crippen LogP contribution in [0.2, 0.25) is 0 Å². The number of nitrogens with zero attached hydrogens (tertiary/aromatic N) is 1. The molecule has 1 atom stereocenters. The summed E-state index contributed by atoms with van der Waals surface area (Å²) >= 11 is 0. The molecule has 0 aromatic rings.